The Hall–Kier alpha value is -3.15. The van der Waals surface area contributed by atoms with Crippen LogP contribution in [0.2, 0.25) is 0 Å². The van der Waals surface area contributed by atoms with Crippen LogP contribution in [0.3, 0.4) is 0 Å². The van der Waals surface area contributed by atoms with E-state index in [1.165, 1.54) is 0 Å². The average molecular weight is 379 g/mol. The first-order valence-corrected chi connectivity index (χ1v) is 9.47. The summed E-state index contributed by atoms with van der Waals surface area (Å²) in [7, 11) is 0. The van der Waals surface area contributed by atoms with Gasteiger partial charge in [-0.25, -0.2) is 0 Å². The first-order valence-electron chi connectivity index (χ1n) is 9.47. The van der Waals surface area contributed by atoms with Crippen molar-refractivity contribution in [1.82, 2.24) is 5.32 Å². The van der Waals surface area contributed by atoms with E-state index in [1.54, 1.807) is 29.2 Å². The normalized spacial score (nSPS) is 16.2. The summed E-state index contributed by atoms with van der Waals surface area (Å²) in [6.07, 6.45) is 0.155. The minimum atomic E-state index is -0.463. The lowest BCUT2D eigenvalue weighted by atomic mass is 10.1. The minimum Gasteiger partial charge on any atom is -0.352 e. The van der Waals surface area contributed by atoms with Gasteiger partial charge >= 0.3 is 0 Å². The summed E-state index contributed by atoms with van der Waals surface area (Å²) in [6, 6.07) is 12.7. The molecule has 1 aliphatic heterocycles. The monoisotopic (exact) mass is 379 g/mol. The standard InChI is InChI=1S/C22H25N3O3/c1-4-23-22(28)17-9-5-6-10-18(17)24-21(27)16-12-20(26)25(13-16)19-11-7-8-14(2)15(19)3/h5-11,16H,4,12-13H2,1-3H3,(H,23,28)(H,24,27). The first kappa shape index (κ1) is 19.6. The highest BCUT2D eigenvalue weighted by molar-refractivity contribution is 6.07. The van der Waals surface area contributed by atoms with E-state index in [1.807, 2.05) is 39.0 Å². The van der Waals surface area contributed by atoms with E-state index in [0.717, 1.165) is 16.8 Å². The molecular weight excluding hydrogens is 354 g/mol. The molecule has 6 nitrogen and oxygen atoms in total. The van der Waals surface area contributed by atoms with Gasteiger partial charge in [-0.15, -0.1) is 0 Å². The number of hydrogen-bond donors (Lipinski definition) is 2. The number of hydrogen-bond acceptors (Lipinski definition) is 3. The molecule has 3 amide bonds. The fourth-order valence-corrected chi connectivity index (χ4v) is 3.42. The summed E-state index contributed by atoms with van der Waals surface area (Å²) < 4.78 is 0. The molecule has 28 heavy (non-hydrogen) atoms. The van der Waals surface area contributed by atoms with Crippen LogP contribution in [0.5, 0.6) is 0 Å². The van der Waals surface area contributed by atoms with Gasteiger partial charge in [-0.1, -0.05) is 24.3 Å². The van der Waals surface area contributed by atoms with Crippen LogP contribution in [-0.2, 0) is 9.59 Å². The molecule has 146 valence electrons. The van der Waals surface area contributed by atoms with Crippen molar-refractivity contribution in [1.29, 1.82) is 0 Å². The molecule has 1 atom stereocenters. The molecule has 1 aliphatic rings. The largest absolute Gasteiger partial charge is 0.352 e. The molecule has 0 bridgehead atoms. The molecular formula is C22H25N3O3. The Balaban J connectivity index is 1.76. The van der Waals surface area contributed by atoms with Gasteiger partial charge in [0.25, 0.3) is 5.91 Å². The van der Waals surface area contributed by atoms with E-state index < -0.39 is 5.92 Å². The summed E-state index contributed by atoms with van der Waals surface area (Å²) in [5, 5.41) is 5.57. The number of amides is 3. The van der Waals surface area contributed by atoms with Gasteiger partial charge in [-0.2, -0.15) is 0 Å². The van der Waals surface area contributed by atoms with Gasteiger partial charge in [0.1, 0.15) is 0 Å². The van der Waals surface area contributed by atoms with Gasteiger partial charge in [-0.3, -0.25) is 14.4 Å². The second kappa shape index (κ2) is 8.25. The van der Waals surface area contributed by atoms with Crippen molar-refractivity contribution >= 4 is 29.1 Å². The third kappa shape index (κ3) is 3.91. The maximum absolute atomic E-state index is 12.8. The van der Waals surface area contributed by atoms with Crippen LogP contribution in [0.15, 0.2) is 42.5 Å². The first-order chi connectivity index (χ1) is 13.4. The maximum Gasteiger partial charge on any atom is 0.253 e. The smallest absolute Gasteiger partial charge is 0.253 e. The van der Waals surface area contributed by atoms with E-state index in [4.69, 9.17) is 0 Å². The lowest BCUT2D eigenvalue weighted by Crippen LogP contribution is -2.30. The predicted octanol–water partition coefficient (Wildman–Crippen LogP) is 3.04. The molecule has 2 N–H and O–H groups in total. The zero-order valence-corrected chi connectivity index (χ0v) is 16.4. The zero-order chi connectivity index (χ0) is 20.3. The second-order valence-corrected chi connectivity index (χ2v) is 7.02. The molecule has 1 unspecified atom stereocenters. The van der Waals surface area contributed by atoms with Gasteiger partial charge in [0, 0.05) is 25.2 Å². The van der Waals surface area contributed by atoms with Crippen LogP contribution in [0.25, 0.3) is 0 Å². The van der Waals surface area contributed by atoms with E-state index in [0.29, 0.717) is 24.3 Å². The topological polar surface area (TPSA) is 78.5 Å². The quantitative estimate of drug-likeness (QED) is 0.838. The Labute approximate surface area is 164 Å². The fourth-order valence-electron chi connectivity index (χ4n) is 3.42. The van der Waals surface area contributed by atoms with Crippen LogP contribution in [0.1, 0.15) is 34.8 Å². The number of benzene rings is 2. The van der Waals surface area contributed by atoms with E-state index >= 15 is 0 Å². The number of carbonyl (C=O) groups is 3. The van der Waals surface area contributed by atoms with E-state index in [-0.39, 0.29) is 24.1 Å². The molecule has 0 spiro atoms. The zero-order valence-electron chi connectivity index (χ0n) is 16.4. The molecule has 0 radical (unpaired) electrons. The molecule has 1 heterocycles. The van der Waals surface area contributed by atoms with Crippen LogP contribution >= 0.6 is 0 Å². The van der Waals surface area contributed by atoms with Gasteiger partial charge in [0.05, 0.1) is 17.2 Å². The second-order valence-electron chi connectivity index (χ2n) is 7.02. The summed E-state index contributed by atoms with van der Waals surface area (Å²) in [6.45, 7) is 6.65. The fraction of sp³-hybridized carbons (Fsp3) is 0.318. The van der Waals surface area contributed by atoms with Crippen molar-refractivity contribution < 1.29 is 14.4 Å². The summed E-state index contributed by atoms with van der Waals surface area (Å²) in [5.41, 5.74) is 3.86. The van der Waals surface area contributed by atoms with Crippen molar-refractivity contribution in [2.24, 2.45) is 5.92 Å². The lowest BCUT2D eigenvalue weighted by molar-refractivity contribution is -0.122. The van der Waals surface area contributed by atoms with Crippen molar-refractivity contribution in [3.8, 4) is 0 Å². The SMILES string of the molecule is CCNC(=O)c1ccccc1NC(=O)C1CC(=O)N(c2cccc(C)c2C)C1. The Morgan fingerprint density at radius 3 is 2.61 bits per heavy atom. The number of nitrogens with zero attached hydrogens (tertiary/aromatic N) is 1. The maximum atomic E-state index is 12.8. The molecule has 1 fully saturated rings. The number of nitrogens with one attached hydrogen (secondary N) is 2. The van der Waals surface area contributed by atoms with Crippen molar-refractivity contribution in [3.05, 3.63) is 59.2 Å². The average Bonchev–Trinajstić information content (AvgIpc) is 3.06. The molecule has 2 aromatic rings. The number of para-hydroxylation sites is 1. The molecule has 0 saturated carbocycles. The van der Waals surface area contributed by atoms with Gasteiger partial charge in [0.15, 0.2) is 0 Å². The van der Waals surface area contributed by atoms with Crippen molar-refractivity contribution in [2.75, 3.05) is 23.3 Å². The molecule has 0 aromatic heterocycles. The number of anilines is 2. The van der Waals surface area contributed by atoms with Crippen molar-refractivity contribution in [3.63, 3.8) is 0 Å². The Bertz CT molecular complexity index is 923. The molecule has 6 heteroatoms. The number of carbonyl (C=O) groups excluding carboxylic acids is 3. The van der Waals surface area contributed by atoms with Crippen molar-refractivity contribution in [2.45, 2.75) is 27.2 Å². The van der Waals surface area contributed by atoms with Crippen LogP contribution < -0.4 is 15.5 Å². The molecule has 0 aliphatic carbocycles. The lowest BCUT2D eigenvalue weighted by Gasteiger charge is -2.20. The predicted molar refractivity (Wildman–Crippen MR) is 109 cm³/mol. The van der Waals surface area contributed by atoms with Gasteiger partial charge in [0.2, 0.25) is 11.8 Å². The van der Waals surface area contributed by atoms with Crippen LogP contribution in [0.4, 0.5) is 11.4 Å². The van der Waals surface area contributed by atoms with Gasteiger partial charge in [-0.05, 0) is 50.1 Å². The highest BCUT2D eigenvalue weighted by Gasteiger charge is 2.36. The molecule has 1 saturated heterocycles. The number of aryl methyl sites for hydroxylation is 1. The minimum absolute atomic E-state index is 0.0640. The summed E-state index contributed by atoms with van der Waals surface area (Å²) in [4.78, 5) is 39.2. The molecule has 3 rings (SSSR count). The Morgan fingerprint density at radius 1 is 1.11 bits per heavy atom. The highest BCUT2D eigenvalue weighted by Crippen LogP contribution is 2.30. The van der Waals surface area contributed by atoms with E-state index in [2.05, 4.69) is 10.6 Å². The third-order valence-electron chi connectivity index (χ3n) is 5.13. The summed E-state index contributed by atoms with van der Waals surface area (Å²) >= 11 is 0. The van der Waals surface area contributed by atoms with E-state index in [9.17, 15) is 14.4 Å². The number of rotatable bonds is 5. The molecule has 2 aromatic carbocycles. The van der Waals surface area contributed by atoms with Gasteiger partial charge < -0.3 is 15.5 Å². The Kier molecular flexibility index (Phi) is 5.78. The van der Waals surface area contributed by atoms with Crippen LogP contribution in [0, 0.1) is 19.8 Å². The summed E-state index contributed by atoms with van der Waals surface area (Å²) in [5.74, 6) is -1.02. The highest BCUT2D eigenvalue weighted by atomic mass is 16.2. The third-order valence-corrected chi connectivity index (χ3v) is 5.13. The van der Waals surface area contributed by atoms with Crippen LogP contribution in [-0.4, -0.2) is 30.8 Å². The Morgan fingerprint density at radius 2 is 1.86 bits per heavy atom.